The molecule has 1 aromatic heterocycles. The van der Waals surface area contributed by atoms with Crippen LogP contribution in [0.5, 0.6) is 6.01 Å². The lowest BCUT2D eigenvalue weighted by Gasteiger charge is -2.08. The van der Waals surface area contributed by atoms with Crippen molar-refractivity contribution in [3.63, 3.8) is 0 Å². The topological polar surface area (TPSA) is 123 Å². The lowest BCUT2D eigenvalue weighted by molar-refractivity contribution is -0.384. The van der Waals surface area contributed by atoms with Gasteiger partial charge in [-0.25, -0.2) is 0 Å². The van der Waals surface area contributed by atoms with Crippen LogP contribution >= 0.6 is 0 Å². The maximum atomic E-state index is 11.1. The van der Waals surface area contributed by atoms with Crippen LogP contribution in [-0.2, 0) is 11.3 Å². The van der Waals surface area contributed by atoms with Gasteiger partial charge in [-0.2, -0.15) is 15.2 Å². The molecule has 2 rings (SSSR count). The van der Waals surface area contributed by atoms with Crippen molar-refractivity contribution in [2.24, 2.45) is 0 Å². The van der Waals surface area contributed by atoms with Crippen LogP contribution in [0.1, 0.15) is 11.1 Å². The van der Waals surface area contributed by atoms with Gasteiger partial charge in [0.2, 0.25) is 5.82 Å². The molecular formula is C15H15N5O4. The molecule has 0 aliphatic rings. The Kier molecular flexibility index (Phi) is 5.99. The molecule has 1 N–H and O–H groups in total. The molecule has 2 aromatic rings. The van der Waals surface area contributed by atoms with Crippen LogP contribution in [0.2, 0.25) is 0 Å². The Morgan fingerprint density at radius 2 is 2.08 bits per heavy atom. The van der Waals surface area contributed by atoms with Crippen molar-refractivity contribution >= 4 is 11.5 Å². The van der Waals surface area contributed by atoms with Gasteiger partial charge in [-0.05, 0) is 17.7 Å². The van der Waals surface area contributed by atoms with Gasteiger partial charge in [0.1, 0.15) is 12.8 Å². The Morgan fingerprint density at radius 3 is 2.71 bits per heavy atom. The largest absolute Gasteiger partial charge is 0.461 e. The number of hydrogen-bond donors (Lipinski definition) is 1. The summed E-state index contributed by atoms with van der Waals surface area (Å²) >= 11 is 0. The molecule has 0 fully saturated rings. The van der Waals surface area contributed by atoms with Gasteiger partial charge in [-0.3, -0.25) is 10.1 Å². The van der Waals surface area contributed by atoms with Crippen LogP contribution in [0.15, 0.2) is 30.5 Å². The van der Waals surface area contributed by atoms with E-state index in [1.807, 2.05) is 6.07 Å². The summed E-state index contributed by atoms with van der Waals surface area (Å²) in [6.07, 6.45) is 1.09. The van der Waals surface area contributed by atoms with Crippen LogP contribution < -0.4 is 10.1 Å². The second-order valence-corrected chi connectivity index (χ2v) is 4.65. The predicted octanol–water partition coefficient (Wildman–Crippen LogP) is 1.89. The fourth-order valence-corrected chi connectivity index (χ4v) is 1.79. The van der Waals surface area contributed by atoms with Gasteiger partial charge in [0, 0.05) is 13.7 Å². The zero-order valence-corrected chi connectivity index (χ0v) is 12.9. The third kappa shape index (κ3) is 4.62. The maximum Gasteiger partial charge on any atom is 0.329 e. The number of rotatable bonds is 8. The Morgan fingerprint density at radius 1 is 1.33 bits per heavy atom. The van der Waals surface area contributed by atoms with Crippen LogP contribution in [0, 0.1) is 21.4 Å². The van der Waals surface area contributed by atoms with Gasteiger partial charge in [-0.1, -0.05) is 12.1 Å². The first kappa shape index (κ1) is 17.1. The van der Waals surface area contributed by atoms with Gasteiger partial charge in [0.15, 0.2) is 0 Å². The smallest absolute Gasteiger partial charge is 0.329 e. The number of anilines is 1. The monoisotopic (exact) mass is 329 g/mol. The van der Waals surface area contributed by atoms with E-state index in [0.29, 0.717) is 18.7 Å². The average Bonchev–Trinajstić information content (AvgIpc) is 2.60. The highest BCUT2D eigenvalue weighted by atomic mass is 16.6. The zero-order valence-electron chi connectivity index (χ0n) is 12.9. The summed E-state index contributed by atoms with van der Waals surface area (Å²) < 4.78 is 10.1. The first-order valence-corrected chi connectivity index (χ1v) is 7.00. The molecule has 0 saturated heterocycles. The molecule has 9 nitrogen and oxygen atoms in total. The minimum absolute atomic E-state index is 0.0278. The van der Waals surface area contributed by atoms with E-state index in [0.717, 1.165) is 11.8 Å². The molecule has 0 saturated carbocycles. The number of benzene rings is 1. The predicted molar refractivity (Wildman–Crippen MR) is 84.5 cm³/mol. The fraction of sp³-hybridized carbons (Fsp3) is 0.267. The number of aromatic nitrogens is 2. The molecule has 0 amide bonds. The average molecular weight is 329 g/mol. The number of nitro groups is 1. The minimum atomic E-state index is -0.569. The standard InChI is InChI=1S/C15H15N5O4/c1-23-6-7-24-15-18-10-13(20(21)22)14(19-15)17-9-12-4-2-11(8-16)3-5-12/h2-5,10H,6-7,9H2,1H3,(H,17,18,19). The summed E-state index contributed by atoms with van der Waals surface area (Å²) in [5.41, 5.74) is 1.15. The quantitative estimate of drug-likeness (QED) is 0.442. The summed E-state index contributed by atoms with van der Waals surface area (Å²) in [7, 11) is 1.53. The molecule has 24 heavy (non-hydrogen) atoms. The minimum Gasteiger partial charge on any atom is -0.461 e. The van der Waals surface area contributed by atoms with Crippen molar-refractivity contribution < 1.29 is 14.4 Å². The second-order valence-electron chi connectivity index (χ2n) is 4.65. The Balaban J connectivity index is 2.11. The highest BCUT2D eigenvalue weighted by molar-refractivity contribution is 5.55. The van der Waals surface area contributed by atoms with Crippen molar-refractivity contribution in [1.29, 1.82) is 5.26 Å². The summed E-state index contributed by atoms with van der Waals surface area (Å²) in [5, 5.41) is 22.7. The number of ether oxygens (including phenoxy) is 2. The third-order valence-electron chi connectivity index (χ3n) is 3.01. The molecule has 1 heterocycles. The van der Waals surface area contributed by atoms with Gasteiger partial charge in [-0.15, -0.1) is 0 Å². The van der Waals surface area contributed by atoms with E-state index >= 15 is 0 Å². The van der Waals surface area contributed by atoms with Gasteiger partial charge in [0.25, 0.3) is 0 Å². The molecule has 0 aliphatic carbocycles. The van der Waals surface area contributed by atoms with Crippen molar-refractivity contribution in [3.8, 4) is 12.1 Å². The van der Waals surface area contributed by atoms with Crippen LogP contribution in [0.25, 0.3) is 0 Å². The molecule has 0 atom stereocenters. The molecule has 124 valence electrons. The fourth-order valence-electron chi connectivity index (χ4n) is 1.79. The molecular weight excluding hydrogens is 314 g/mol. The van der Waals surface area contributed by atoms with Crippen LogP contribution in [0.3, 0.4) is 0 Å². The van der Waals surface area contributed by atoms with Gasteiger partial charge < -0.3 is 14.8 Å². The Bertz CT molecular complexity index is 743. The van der Waals surface area contributed by atoms with Crippen molar-refractivity contribution in [2.75, 3.05) is 25.6 Å². The van der Waals surface area contributed by atoms with Crippen molar-refractivity contribution in [2.45, 2.75) is 6.54 Å². The van der Waals surface area contributed by atoms with E-state index < -0.39 is 4.92 Å². The van der Waals surface area contributed by atoms with E-state index in [2.05, 4.69) is 15.3 Å². The highest BCUT2D eigenvalue weighted by Crippen LogP contribution is 2.23. The Labute approximate surface area is 138 Å². The van der Waals surface area contributed by atoms with Crippen LogP contribution in [-0.4, -0.2) is 35.2 Å². The molecule has 1 aromatic carbocycles. The lowest BCUT2D eigenvalue weighted by Crippen LogP contribution is -2.10. The normalized spacial score (nSPS) is 10.0. The highest BCUT2D eigenvalue weighted by Gasteiger charge is 2.17. The summed E-state index contributed by atoms with van der Waals surface area (Å²) in [5.74, 6) is 0.0618. The number of nitrogens with one attached hydrogen (secondary N) is 1. The summed E-state index contributed by atoms with van der Waals surface area (Å²) in [4.78, 5) is 18.3. The Hall–Kier alpha value is -3.25. The van der Waals surface area contributed by atoms with Crippen LogP contribution in [0.4, 0.5) is 11.5 Å². The van der Waals surface area contributed by atoms with E-state index in [-0.39, 0.29) is 24.1 Å². The molecule has 9 heteroatoms. The number of nitriles is 1. The van der Waals surface area contributed by atoms with Gasteiger partial charge >= 0.3 is 11.7 Å². The molecule has 0 radical (unpaired) electrons. The number of methoxy groups -OCH3 is 1. The zero-order chi connectivity index (χ0) is 17.4. The summed E-state index contributed by atoms with van der Waals surface area (Å²) in [6.45, 7) is 0.902. The summed E-state index contributed by atoms with van der Waals surface area (Å²) in [6, 6.07) is 8.91. The number of hydrogen-bond acceptors (Lipinski definition) is 8. The molecule has 0 bridgehead atoms. The third-order valence-corrected chi connectivity index (χ3v) is 3.01. The first-order chi connectivity index (χ1) is 11.6. The van der Waals surface area contributed by atoms with E-state index in [4.69, 9.17) is 14.7 Å². The van der Waals surface area contributed by atoms with E-state index in [1.54, 1.807) is 24.3 Å². The van der Waals surface area contributed by atoms with Crippen molar-refractivity contribution in [3.05, 3.63) is 51.7 Å². The number of nitrogens with zero attached hydrogens (tertiary/aromatic N) is 4. The van der Waals surface area contributed by atoms with E-state index in [1.165, 1.54) is 7.11 Å². The maximum absolute atomic E-state index is 11.1. The molecule has 0 unspecified atom stereocenters. The molecule has 0 aliphatic heterocycles. The molecule has 0 spiro atoms. The van der Waals surface area contributed by atoms with E-state index in [9.17, 15) is 10.1 Å². The first-order valence-electron chi connectivity index (χ1n) is 7.00. The van der Waals surface area contributed by atoms with Crippen molar-refractivity contribution in [1.82, 2.24) is 9.97 Å². The lowest BCUT2D eigenvalue weighted by atomic mass is 10.1. The second kappa shape index (κ2) is 8.40. The van der Waals surface area contributed by atoms with Gasteiger partial charge in [0.05, 0.1) is 23.2 Å². The SMILES string of the molecule is COCCOc1ncc([N+](=O)[O-])c(NCc2ccc(C#N)cc2)n1.